The minimum atomic E-state index is -4.20. The van der Waals surface area contributed by atoms with Gasteiger partial charge < -0.3 is 14.8 Å². The lowest BCUT2D eigenvalue weighted by molar-refractivity contribution is -0.122. The van der Waals surface area contributed by atoms with Crippen molar-refractivity contribution < 1.29 is 27.5 Å². The summed E-state index contributed by atoms with van der Waals surface area (Å²) >= 11 is 0. The van der Waals surface area contributed by atoms with Crippen LogP contribution in [0.4, 0.5) is 4.79 Å². The number of nitrogens with one attached hydrogen (secondary N) is 2. The largest absolute Gasteiger partial charge is 0.492 e. The van der Waals surface area contributed by atoms with E-state index in [0.29, 0.717) is 13.0 Å². The van der Waals surface area contributed by atoms with Gasteiger partial charge in [0.15, 0.2) is 0 Å². The standard InChI is InChI=1S/C22H30N2O6S/c1-21(2,3)30-20(26)23-22-15-16(22)11-7-5-4-6-10-14-29-17-12-8-9-13-18(17)31(27,28)24-19(22)25/h7-9,11-13,16H,4-6,10,14-15H2,1-3H3,(H,23,26)(H,24,25)/b11-7+/t16-,22-/m1/s1. The Kier molecular flexibility index (Phi) is 6.64. The van der Waals surface area contributed by atoms with Crippen LogP contribution in [0.15, 0.2) is 41.3 Å². The van der Waals surface area contributed by atoms with Gasteiger partial charge in [0.1, 0.15) is 21.8 Å². The number of carbonyl (C=O) groups is 2. The van der Waals surface area contributed by atoms with E-state index in [4.69, 9.17) is 9.47 Å². The second-order valence-electron chi connectivity index (χ2n) is 8.92. The maximum atomic E-state index is 13.1. The second kappa shape index (κ2) is 8.90. The smallest absolute Gasteiger partial charge is 0.408 e. The molecule has 3 rings (SSSR count). The molecule has 1 fully saturated rings. The van der Waals surface area contributed by atoms with E-state index in [-0.39, 0.29) is 16.6 Å². The predicted octanol–water partition coefficient (Wildman–Crippen LogP) is 3.28. The summed E-state index contributed by atoms with van der Waals surface area (Å²) in [5.41, 5.74) is -2.12. The first-order valence-corrected chi connectivity index (χ1v) is 12.0. The Morgan fingerprint density at radius 2 is 1.97 bits per heavy atom. The number of allylic oxidation sites excluding steroid dienone is 1. The maximum Gasteiger partial charge on any atom is 0.408 e. The second-order valence-corrected chi connectivity index (χ2v) is 10.6. The number of amides is 2. The van der Waals surface area contributed by atoms with Gasteiger partial charge in [0.25, 0.3) is 15.9 Å². The normalized spacial score (nSPS) is 27.1. The molecular formula is C22H30N2O6S. The number of hydrogen-bond donors (Lipinski definition) is 2. The van der Waals surface area contributed by atoms with E-state index in [2.05, 4.69) is 10.0 Å². The first kappa shape index (κ1) is 23.1. The van der Waals surface area contributed by atoms with Crippen LogP contribution in [0.3, 0.4) is 0 Å². The lowest BCUT2D eigenvalue weighted by Crippen LogP contribution is -2.52. The fraction of sp³-hybridized carbons (Fsp3) is 0.545. The van der Waals surface area contributed by atoms with E-state index in [9.17, 15) is 18.0 Å². The van der Waals surface area contributed by atoms with Crippen LogP contribution in [0.25, 0.3) is 0 Å². The molecule has 1 heterocycles. The van der Waals surface area contributed by atoms with Crippen molar-refractivity contribution in [1.29, 1.82) is 0 Å². The van der Waals surface area contributed by atoms with Crippen molar-refractivity contribution in [2.24, 2.45) is 5.92 Å². The van der Waals surface area contributed by atoms with Crippen LogP contribution in [0.1, 0.15) is 52.9 Å². The van der Waals surface area contributed by atoms with Crippen LogP contribution < -0.4 is 14.8 Å². The van der Waals surface area contributed by atoms with Crippen molar-refractivity contribution >= 4 is 22.0 Å². The van der Waals surface area contributed by atoms with Crippen molar-refractivity contribution in [3.8, 4) is 5.75 Å². The average molecular weight is 451 g/mol. The van der Waals surface area contributed by atoms with E-state index in [1.807, 2.05) is 12.2 Å². The number of alkyl carbamates (subject to hydrolysis) is 1. The fourth-order valence-electron chi connectivity index (χ4n) is 3.51. The highest BCUT2D eigenvalue weighted by molar-refractivity contribution is 7.90. The van der Waals surface area contributed by atoms with Gasteiger partial charge >= 0.3 is 6.09 Å². The molecule has 0 aromatic heterocycles. The minimum Gasteiger partial charge on any atom is -0.492 e. The van der Waals surface area contributed by atoms with E-state index in [1.54, 1.807) is 39.0 Å². The maximum absolute atomic E-state index is 13.1. The van der Waals surface area contributed by atoms with Gasteiger partial charge in [-0.2, -0.15) is 0 Å². The van der Waals surface area contributed by atoms with Crippen LogP contribution in [0.5, 0.6) is 5.75 Å². The summed E-state index contributed by atoms with van der Waals surface area (Å²) in [6, 6.07) is 6.20. The van der Waals surface area contributed by atoms with Crippen LogP contribution in [0.2, 0.25) is 0 Å². The zero-order chi connectivity index (χ0) is 22.7. The number of hydrogen-bond acceptors (Lipinski definition) is 6. The lowest BCUT2D eigenvalue weighted by atomic mass is 10.1. The Hall–Kier alpha value is -2.55. The molecule has 2 N–H and O–H groups in total. The molecule has 2 aliphatic rings. The molecule has 9 heteroatoms. The van der Waals surface area contributed by atoms with Gasteiger partial charge in [0.2, 0.25) is 0 Å². The summed E-state index contributed by atoms with van der Waals surface area (Å²) in [7, 11) is -4.20. The molecule has 2 atom stereocenters. The molecule has 31 heavy (non-hydrogen) atoms. The molecule has 170 valence electrons. The monoisotopic (exact) mass is 450 g/mol. The first-order valence-electron chi connectivity index (χ1n) is 10.5. The van der Waals surface area contributed by atoms with Crippen molar-refractivity contribution in [2.75, 3.05) is 6.61 Å². The van der Waals surface area contributed by atoms with Gasteiger partial charge in [-0.15, -0.1) is 0 Å². The Balaban J connectivity index is 1.90. The third-order valence-corrected chi connectivity index (χ3v) is 6.52. The van der Waals surface area contributed by atoms with Gasteiger partial charge in [0.05, 0.1) is 6.61 Å². The molecule has 0 saturated heterocycles. The van der Waals surface area contributed by atoms with Crippen LogP contribution >= 0.6 is 0 Å². The van der Waals surface area contributed by atoms with Gasteiger partial charge in [-0.05, 0) is 65.0 Å². The zero-order valence-electron chi connectivity index (χ0n) is 18.1. The molecule has 0 bridgehead atoms. The van der Waals surface area contributed by atoms with Gasteiger partial charge in [-0.25, -0.2) is 17.9 Å². The minimum absolute atomic E-state index is 0.113. The van der Waals surface area contributed by atoms with E-state index in [1.165, 1.54) is 6.07 Å². The Morgan fingerprint density at radius 3 is 2.71 bits per heavy atom. The lowest BCUT2D eigenvalue weighted by Gasteiger charge is -2.23. The highest BCUT2D eigenvalue weighted by atomic mass is 32.2. The summed E-state index contributed by atoms with van der Waals surface area (Å²) in [5, 5.41) is 2.61. The number of benzene rings is 1. The van der Waals surface area contributed by atoms with Gasteiger partial charge in [-0.1, -0.05) is 24.3 Å². The third-order valence-electron chi connectivity index (χ3n) is 5.15. The molecule has 0 spiro atoms. The topological polar surface area (TPSA) is 111 Å². The highest BCUT2D eigenvalue weighted by Gasteiger charge is 2.61. The highest BCUT2D eigenvalue weighted by Crippen LogP contribution is 2.45. The van der Waals surface area contributed by atoms with Crippen LogP contribution in [-0.2, 0) is 19.6 Å². The third kappa shape index (κ3) is 5.78. The molecule has 0 radical (unpaired) electrons. The number of rotatable bonds is 1. The quantitative estimate of drug-likeness (QED) is 0.635. The molecule has 1 aromatic carbocycles. The molecule has 1 aliphatic heterocycles. The van der Waals surface area contributed by atoms with Crippen molar-refractivity contribution in [1.82, 2.24) is 10.0 Å². The molecule has 1 saturated carbocycles. The summed E-state index contributed by atoms with van der Waals surface area (Å²) in [4.78, 5) is 25.4. The molecule has 1 aromatic rings. The van der Waals surface area contributed by atoms with E-state index >= 15 is 0 Å². The fourth-order valence-corrected chi connectivity index (χ4v) is 4.70. The van der Waals surface area contributed by atoms with E-state index < -0.39 is 33.2 Å². The van der Waals surface area contributed by atoms with Crippen molar-refractivity contribution in [2.45, 2.75) is 68.9 Å². The van der Waals surface area contributed by atoms with Crippen LogP contribution in [-0.4, -0.2) is 38.2 Å². The Bertz CT molecular complexity index is 966. The van der Waals surface area contributed by atoms with Gasteiger partial charge in [0, 0.05) is 5.92 Å². The Morgan fingerprint density at radius 1 is 1.23 bits per heavy atom. The Labute approximate surface area is 183 Å². The van der Waals surface area contributed by atoms with Crippen molar-refractivity contribution in [3.63, 3.8) is 0 Å². The van der Waals surface area contributed by atoms with Crippen molar-refractivity contribution in [3.05, 3.63) is 36.4 Å². The number of fused-ring (bicyclic) bond motifs is 2. The predicted molar refractivity (Wildman–Crippen MR) is 115 cm³/mol. The van der Waals surface area contributed by atoms with Gasteiger partial charge in [-0.3, -0.25) is 4.79 Å². The molecular weight excluding hydrogens is 420 g/mol. The number of sulfonamides is 1. The van der Waals surface area contributed by atoms with Crippen LogP contribution in [0, 0.1) is 5.92 Å². The molecule has 0 unspecified atom stereocenters. The zero-order valence-corrected chi connectivity index (χ0v) is 19.0. The summed E-state index contributed by atoms with van der Waals surface area (Å²) in [5.74, 6) is -0.915. The number of ether oxygens (including phenoxy) is 2. The van der Waals surface area contributed by atoms with E-state index in [0.717, 1.165) is 25.7 Å². The molecule has 1 aliphatic carbocycles. The summed E-state index contributed by atoms with van der Waals surface area (Å²) < 4.78 is 39.1. The molecule has 2 amide bonds. The summed E-state index contributed by atoms with van der Waals surface area (Å²) in [6.45, 7) is 5.53. The average Bonchev–Trinajstić information content (AvgIpc) is 3.35. The molecule has 8 nitrogen and oxygen atoms in total. The summed E-state index contributed by atoms with van der Waals surface area (Å²) in [6.07, 6.45) is 6.87. The SMILES string of the molecule is CC(C)(C)OC(=O)N[C@]12C[C@H]1/C=C/CCCCCOc1ccccc1S(=O)(=O)NC2=O. The number of para-hydroxylation sites is 1. The number of carbonyl (C=O) groups excluding carboxylic acids is 2. The first-order chi connectivity index (χ1) is 14.5.